The highest BCUT2D eigenvalue weighted by Crippen LogP contribution is 2.31. The van der Waals surface area contributed by atoms with Gasteiger partial charge in [-0.15, -0.1) is 0 Å². The molecule has 1 aromatic heterocycles. The molecule has 1 aromatic carbocycles. The maximum absolute atomic E-state index is 12.9. The lowest BCUT2D eigenvalue weighted by Gasteiger charge is -2.21. The van der Waals surface area contributed by atoms with Gasteiger partial charge in [0.05, 0.1) is 22.8 Å². The van der Waals surface area contributed by atoms with Gasteiger partial charge in [0.25, 0.3) is 0 Å². The van der Waals surface area contributed by atoms with Crippen molar-refractivity contribution in [1.29, 1.82) is 0 Å². The summed E-state index contributed by atoms with van der Waals surface area (Å²) in [7, 11) is 1.86. The summed E-state index contributed by atoms with van der Waals surface area (Å²) in [5, 5.41) is 11.0. The van der Waals surface area contributed by atoms with E-state index in [-0.39, 0.29) is 23.7 Å². The third-order valence-corrected chi connectivity index (χ3v) is 5.69. The van der Waals surface area contributed by atoms with Crippen LogP contribution in [0.4, 0.5) is 5.69 Å². The molecular formula is C19H22ClN5O2. The molecule has 2 N–H and O–H groups in total. The zero-order valence-electron chi connectivity index (χ0n) is 15.1. The fraction of sp³-hybridized carbons (Fsp3) is 0.421. The van der Waals surface area contributed by atoms with E-state index in [1.807, 2.05) is 31.4 Å². The highest BCUT2D eigenvalue weighted by molar-refractivity contribution is 6.34. The van der Waals surface area contributed by atoms with Gasteiger partial charge in [-0.05, 0) is 24.1 Å². The van der Waals surface area contributed by atoms with E-state index in [0.717, 1.165) is 12.1 Å². The van der Waals surface area contributed by atoms with E-state index in [1.54, 1.807) is 21.8 Å². The summed E-state index contributed by atoms with van der Waals surface area (Å²) in [4.78, 5) is 27.3. The average molecular weight is 388 g/mol. The Morgan fingerprint density at radius 2 is 2.15 bits per heavy atom. The molecule has 2 amide bonds. The first-order valence-electron chi connectivity index (χ1n) is 9.10. The number of anilines is 1. The van der Waals surface area contributed by atoms with Crippen LogP contribution in [0.2, 0.25) is 5.02 Å². The predicted molar refractivity (Wildman–Crippen MR) is 103 cm³/mol. The Labute approximate surface area is 162 Å². The largest absolute Gasteiger partial charge is 0.344 e. The van der Waals surface area contributed by atoms with Gasteiger partial charge in [0.1, 0.15) is 6.04 Å². The van der Waals surface area contributed by atoms with Crippen molar-refractivity contribution in [3.63, 3.8) is 0 Å². The number of nitrogens with zero attached hydrogens (tertiary/aromatic N) is 3. The van der Waals surface area contributed by atoms with Crippen LogP contribution in [0.5, 0.6) is 0 Å². The predicted octanol–water partition coefficient (Wildman–Crippen LogP) is 1.30. The molecule has 1 unspecified atom stereocenters. The molecule has 7 nitrogen and oxygen atoms in total. The lowest BCUT2D eigenvalue weighted by molar-refractivity contribution is -0.129. The van der Waals surface area contributed by atoms with Gasteiger partial charge in [-0.1, -0.05) is 23.7 Å². The molecule has 0 radical (unpaired) electrons. The van der Waals surface area contributed by atoms with Gasteiger partial charge in [0.15, 0.2) is 0 Å². The van der Waals surface area contributed by atoms with Crippen molar-refractivity contribution in [2.24, 2.45) is 13.0 Å². The Morgan fingerprint density at radius 3 is 2.89 bits per heavy atom. The van der Waals surface area contributed by atoms with Crippen LogP contribution in [0, 0.1) is 5.92 Å². The van der Waals surface area contributed by atoms with Crippen LogP contribution in [-0.4, -0.2) is 47.3 Å². The van der Waals surface area contributed by atoms with Crippen LogP contribution < -0.4 is 15.5 Å². The molecule has 2 aromatic rings. The highest BCUT2D eigenvalue weighted by Gasteiger charge is 2.39. The average Bonchev–Trinajstić information content (AvgIpc) is 3.37. The molecule has 0 aliphatic carbocycles. The second-order valence-corrected chi connectivity index (χ2v) is 7.52. The minimum absolute atomic E-state index is 0.0647. The molecule has 8 heteroatoms. The molecule has 0 spiro atoms. The number of nitrogens with one attached hydrogen (secondary N) is 2. The fourth-order valence-corrected chi connectivity index (χ4v) is 4.18. The summed E-state index contributed by atoms with van der Waals surface area (Å²) in [5.74, 6) is -0.347. The highest BCUT2D eigenvalue weighted by atomic mass is 35.5. The molecule has 2 saturated heterocycles. The lowest BCUT2D eigenvalue weighted by atomic mass is 9.90. The molecule has 2 aliphatic rings. The number of rotatable bonds is 4. The first-order valence-corrected chi connectivity index (χ1v) is 9.48. The van der Waals surface area contributed by atoms with Gasteiger partial charge >= 0.3 is 0 Å². The van der Waals surface area contributed by atoms with E-state index in [0.29, 0.717) is 30.2 Å². The Hall–Kier alpha value is -2.38. The standard InChI is InChI=1S/C19H22ClN5O2/c1-24-11-12(8-22-24)13-9-21-10-14(13)18(26)23-16-6-7-25(19(16)27)17-5-3-2-4-15(17)20/h2-5,8,11,13-14,16,21H,6-7,9-10H2,1H3,(H,23,26)/t13-,14+,16?/m1/s1. The van der Waals surface area contributed by atoms with E-state index in [1.165, 1.54) is 0 Å². The summed E-state index contributed by atoms with van der Waals surface area (Å²) >= 11 is 6.22. The monoisotopic (exact) mass is 387 g/mol. The Balaban J connectivity index is 1.44. The maximum Gasteiger partial charge on any atom is 0.249 e. The number of para-hydroxylation sites is 1. The van der Waals surface area contributed by atoms with Crippen LogP contribution in [0.3, 0.4) is 0 Å². The van der Waals surface area contributed by atoms with Crippen LogP contribution in [0.15, 0.2) is 36.7 Å². The molecule has 142 valence electrons. The molecule has 3 atom stereocenters. The minimum Gasteiger partial charge on any atom is -0.344 e. The van der Waals surface area contributed by atoms with Gasteiger partial charge in [0, 0.05) is 38.8 Å². The summed E-state index contributed by atoms with van der Waals surface area (Å²) in [6.07, 6.45) is 4.32. The number of hydrogen-bond acceptors (Lipinski definition) is 4. The number of amides is 2. The lowest BCUT2D eigenvalue weighted by Crippen LogP contribution is -2.45. The van der Waals surface area contributed by atoms with E-state index in [4.69, 9.17) is 11.6 Å². The number of carbonyl (C=O) groups is 2. The number of aromatic nitrogens is 2. The number of hydrogen-bond donors (Lipinski definition) is 2. The van der Waals surface area contributed by atoms with Gasteiger partial charge in [0.2, 0.25) is 11.8 Å². The summed E-state index contributed by atoms with van der Waals surface area (Å²) in [6.45, 7) is 1.87. The smallest absolute Gasteiger partial charge is 0.249 e. The molecule has 0 bridgehead atoms. The summed E-state index contributed by atoms with van der Waals surface area (Å²) < 4.78 is 1.74. The number of carbonyl (C=O) groups excluding carboxylic acids is 2. The van der Waals surface area contributed by atoms with Crippen molar-refractivity contribution in [2.45, 2.75) is 18.4 Å². The van der Waals surface area contributed by atoms with Crippen LogP contribution in [-0.2, 0) is 16.6 Å². The normalized spacial score (nSPS) is 25.2. The molecule has 3 heterocycles. The van der Waals surface area contributed by atoms with Crippen LogP contribution in [0.25, 0.3) is 0 Å². The first kappa shape index (κ1) is 18.0. The molecule has 27 heavy (non-hydrogen) atoms. The fourth-order valence-electron chi connectivity index (χ4n) is 3.94. The van der Waals surface area contributed by atoms with Crippen molar-refractivity contribution >= 4 is 29.1 Å². The van der Waals surface area contributed by atoms with Crippen molar-refractivity contribution < 1.29 is 9.59 Å². The van der Waals surface area contributed by atoms with Crippen molar-refractivity contribution in [3.05, 3.63) is 47.2 Å². The second kappa shape index (κ2) is 7.32. The molecular weight excluding hydrogens is 366 g/mol. The third-order valence-electron chi connectivity index (χ3n) is 5.37. The van der Waals surface area contributed by atoms with Gasteiger partial charge < -0.3 is 15.5 Å². The Bertz CT molecular complexity index is 867. The van der Waals surface area contributed by atoms with Crippen LogP contribution >= 0.6 is 11.6 Å². The van der Waals surface area contributed by atoms with Crippen LogP contribution in [0.1, 0.15) is 17.9 Å². The quantitative estimate of drug-likeness (QED) is 0.828. The summed E-state index contributed by atoms with van der Waals surface area (Å²) in [5.41, 5.74) is 1.73. The number of benzene rings is 1. The van der Waals surface area contributed by atoms with Crippen molar-refractivity contribution in [3.8, 4) is 0 Å². The third kappa shape index (κ3) is 3.44. The number of halogens is 1. The number of aryl methyl sites for hydroxylation is 1. The zero-order valence-corrected chi connectivity index (χ0v) is 15.8. The van der Waals surface area contributed by atoms with E-state index in [2.05, 4.69) is 15.7 Å². The molecule has 0 saturated carbocycles. The maximum atomic E-state index is 12.9. The Morgan fingerprint density at radius 1 is 1.33 bits per heavy atom. The zero-order chi connectivity index (χ0) is 19.0. The first-order chi connectivity index (χ1) is 13.0. The van der Waals surface area contributed by atoms with Gasteiger partial charge in [-0.3, -0.25) is 14.3 Å². The van der Waals surface area contributed by atoms with Gasteiger partial charge in [-0.25, -0.2) is 0 Å². The molecule has 2 fully saturated rings. The summed E-state index contributed by atoms with van der Waals surface area (Å²) in [6, 6.07) is 6.76. The van der Waals surface area contributed by atoms with Gasteiger partial charge in [-0.2, -0.15) is 5.10 Å². The SMILES string of the molecule is Cn1cc([C@H]2CNC[C@@H]2C(=O)NC2CCN(c3ccccc3Cl)C2=O)cn1. The van der Waals surface area contributed by atoms with E-state index in [9.17, 15) is 9.59 Å². The molecule has 2 aliphatic heterocycles. The topological polar surface area (TPSA) is 79.3 Å². The van der Waals surface area contributed by atoms with Crippen molar-refractivity contribution in [2.75, 3.05) is 24.5 Å². The van der Waals surface area contributed by atoms with E-state index < -0.39 is 6.04 Å². The minimum atomic E-state index is -0.510. The Kier molecular flexibility index (Phi) is 4.88. The van der Waals surface area contributed by atoms with E-state index >= 15 is 0 Å². The van der Waals surface area contributed by atoms with Crippen molar-refractivity contribution in [1.82, 2.24) is 20.4 Å². The molecule has 4 rings (SSSR count). The second-order valence-electron chi connectivity index (χ2n) is 7.11.